The number of carbonyl (C=O) groups is 2. The number of furan rings is 1. The van der Waals surface area contributed by atoms with Crippen LogP contribution in [0.15, 0.2) is 21.9 Å². The van der Waals surface area contributed by atoms with Gasteiger partial charge in [-0.1, -0.05) is 0 Å². The zero-order chi connectivity index (χ0) is 17.8. The third-order valence-electron chi connectivity index (χ3n) is 4.32. The molecule has 1 unspecified atom stereocenters. The largest absolute Gasteiger partial charge is 0.481 e. The summed E-state index contributed by atoms with van der Waals surface area (Å²) in [5.74, 6) is -0.465. The van der Waals surface area contributed by atoms with Gasteiger partial charge in [-0.3, -0.25) is 9.59 Å². The zero-order valence-electron chi connectivity index (χ0n) is 13.9. The van der Waals surface area contributed by atoms with Gasteiger partial charge in [0.2, 0.25) is 0 Å². The number of ether oxygens (including phenoxy) is 1. The number of thiazole rings is 1. The quantitative estimate of drug-likeness (QED) is 0.817. The Balaban J connectivity index is 1.61. The average Bonchev–Trinajstić information content (AvgIpc) is 3.24. The molecule has 1 amide bonds. The van der Waals surface area contributed by atoms with Crippen molar-refractivity contribution in [2.75, 3.05) is 19.8 Å². The highest BCUT2D eigenvalue weighted by atomic mass is 32.1. The van der Waals surface area contributed by atoms with Crippen molar-refractivity contribution in [1.29, 1.82) is 0 Å². The van der Waals surface area contributed by atoms with Gasteiger partial charge in [0.25, 0.3) is 5.91 Å². The summed E-state index contributed by atoms with van der Waals surface area (Å²) < 4.78 is 10.8. The van der Waals surface area contributed by atoms with E-state index in [9.17, 15) is 14.7 Å². The third kappa shape index (κ3) is 4.26. The molecule has 0 saturated carbocycles. The number of aliphatic carboxylic acids is 1. The second-order valence-corrected chi connectivity index (χ2v) is 6.91. The number of nitrogens with zero attached hydrogens (tertiary/aromatic N) is 1. The van der Waals surface area contributed by atoms with Crippen molar-refractivity contribution >= 4 is 23.2 Å². The van der Waals surface area contributed by atoms with E-state index in [1.165, 1.54) is 11.3 Å². The van der Waals surface area contributed by atoms with Crippen molar-refractivity contribution in [2.45, 2.75) is 19.8 Å². The molecule has 0 radical (unpaired) electrons. The summed E-state index contributed by atoms with van der Waals surface area (Å²) in [5, 5.41) is 14.4. The van der Waals surface area contributed by atoms with Crippen LogP contribution >= 0.6 is 11.3 Å². The van der Waals surface area contributed by atoms with E-state index in [1.54, 1.807) is 5.38 Å². The van der Waals surface area contributed by atoms with Gasteiger partial charge < -0.3 is 19.6 Å². The summed E-state index contributed by atoms with van der Waals surface area (Å²) >= 11 is 1.31. The molecule has 1 fully saturated rings. The van der Waals surface area contributed by atoms with Gasteiger partial charge in [-0.05, 0) is 37.8 Å². The Hall–Kier alpha value is -2.19. The summed E-state index contributed by atoms with van der Waals surface area (Å²) in [6, 6.07) is 3.64. The number of amides is 1. The molecule has 3 rings (SSSR count). The first-order valence-corrected chi connectivity index (χ1v) is 9.03. The van der Waals surface area contributed by atoms with Crippen LogP contribution in [0.3, 0.4) is 0 Å². The Bertz CT molecular complexity index is 748. The van der Waals surface area contributed by atoms with Crippen LogP contribution in [0.25, 0.3) is 10.8 Å². The van der Waals surface area contributed by atoms with E-state index in [0.717, 1.165) is 5.76 Å². The molecule has 3 heterocycles. The number of carboxylic acids is 1. The smallest absolute Gasteiger partial charge is 0.308 e. The van der Waals surface area contributed by atoms with Crippen molar-refractivity contribution in [1.82, 2.24) is 10.3 Å². The van der Waals surface area contributed by atoms with Crippen molar-refractivity contribution in [3.8, 4) is 10.8 Å². The first kappa shape index (κ1) is 17.6. The maximum absolute atomic E-state index is 12.3. The SMILES string of the molecule is Cc1ccc(-c2nc(C(=O)NCC(C(=O)O)C3CCOCC3)cs2)o1. The fourth-order valence-electron chi connectivity index (χ4n) is 2.91. The minimum absolute atomic E-state index is 0.0173. The molecule has 1 atom stereocenters. The average molecular weight is 364 g/mol. The van der Waals surface area contributed by atoms with Crippen LogP contribution in [0.4, 0.5) is 0 Å². The van der Waals surface area contributed by atoms with Gasteiger partial charge in [0.05, 0.1) is 5.92 Å². The van der Waals surface area contributed by atoms with Gasteiger partial charge >= 0.3 is 5.97 Å². The first-order chi connectivity index (χ1) is 12.0. The molecule has 1 saturated heterocycles. The van der Waals surface area contributed by atoms with Crippen LogP contribution in [0.5, 0.6) is 0 Å². The highest BCUT2D eigenvalue weighted by Crippen LogP contribution is 2.26. The van der Waals surface area contributed by atoms with Crippen LogP contribution in [-0.4, -0.2) is 41.7 Å². The van der Waals surface area contributed by atoms with Crippen molar-refractivity contribution in [3.63, 3.8) is 0 Å². The van der Waals surface area contributed by atoms with Gasteiger partial charge in [-0.15, -0.1) is 11.3 Å². The molecule has 0 aliphatic carbocycles. The van der Waals surface area contributed by atoms with E-state index < -0.39 is 11.9 Å². The highest BCUT2D eigenvalue weighted by Gasteiger charge is 2.30. The van der Waals surface area contributed by atoms with Crippen LogP contribution in [0.2, 0.25) is 0 Å². The lowest BCUT2D eigenvalue weighted by molar-refractivity contribution is -0.144. The molecule has 0 bridgehead atoms. The highest BCUT2D eigenvalue weighted by molar-refractivity contribution is 7.13. The molecule has 2 aromatic heterocycles. The van der Waals surface area contributed by atoms with E-state index >= 15 is 0 Å². The van der Waals surface area contributed by atoms with Gasteiger partial charge in [-0.25, -0.2) is 4.98 Å². The van der Waals surface area contributed by atoms with E-state index in [4.69, 9.17) is 9.15 Å². The summed E-state index contributed by atoms with van der Waals surface area (Å²) in [4.78, 5) is 28.1. The van der Waals surface area contributed by atoms with Crippen LogP contribution < -0.4 is 5.32 Å². The molecule has 1 aliphatic heterocycles. The number of aromatic nitrogens is 1. The predicted molar refractivity (Wildman–Crippen MR) is 91.6 cm³/mol. The number of hydrogen-bond donors (Lipinski definition) is 2. The van der Waals surface area contributed by atoms with Crippen molar-refractivity contribution < 1.29 is 23.8 Å². The number of rotatable bonds is 6. The molecular formula is C17H20N2O5S. The molecule has 1 aliphatic rings. The summed E-state index contributed by atoms with van der Waals surface area (Å²) in [6.45, 7) is 3.07. The number of aryl methyl sites for hydroxylation is 1. The fraction of sp³-hybridized carbons (Fsp3) is 0.471. The minimum atomic E-state index is -0.891. The predicted octanol–water partition coefficient (Wildman–Crippen LogP) is 2.57. The molecule has 7 nitrogen and oxygen atoms in total. The van der Waals surface area contributed by atoms with Crippen molar-refractivity contribution in [3.05, 3.63) is 29.0 Å². The molecule has 8 heteroatoms. The second kappa shape index (κ2) is 7.79. The molecular weight excluding hydrogens is 344 g/mol. The van der Waals surface area contributed by atoms with Gasteiger partial charge in [0.15, 0.2) is 10.8 Å². The monoisotopic (exact) mass is 364 g/mol. The lowest BCUT2D eigenvalue weighted by Gasteiger charge is -2.27. The van der Waals surface area contributed by atoms with Crippen molar-refractivity contribution in [2.24, 2.45) is 11.8 Å². The maximum atomic E-state index is 12.3. The molecule has 134 valence electrons. The number of hydrogen-bond acceptors (Lipinski definition) is 6. The maximum Gasteiger partial charge on any atom is 0.308 e. The summed E-state index contributed by atoms with van der Waals surface area (Å²) in [7, 11) is 0. The van der Waals surface area contributed by atoms with Gasteiger partial charge in [0.1, 0.15) is 11.5 Å². The zero-order valence-corrected chi connectivity index (χ0v) is 14.7. The minimum Gasteiger partial charge on any atom is -0.481 e. The topological polar surface area (TPSA) is 102 Å². The lowest BCUT2D eigenvalue weighted by Crippen LogP contribution is -2.39. The van der Waals surface area contributed by atoms with Crippen LogP contribution in [0.1, 0.15) is 29.1 Å². The lowest BCUT2D eigenvalue weighted by atomic mass is 9.86. The Morgan fingerprint density at radius 3 is 2.80 bits per heavy atom. The molecule has 25 heavy (non-hydrogen) atoms. The molecule has 0 aromatic carbocycles. The molecule has 2 aromatic rings. The Morgan fingerprint density at radius 1 is 1.40 bits per heavy atom. The first-order valence-electron chi connectivity index (χ1n) is 8.15. The number of carboxylic acid groups (broad SMARTS) is 1. The standard InChI is InChI=1S/C17H20N2O5S/c1-10-2-3-14(24-10)16-19-13(9-25-16)15(20)18-8-12(17(21)22)11-4-6-23-7-5-11/h2-3,9,11-12H,4-8H2,1H3,(H,18,20)(H,21,22). The van der Waals surface area contributed by atoms with Gasteiger partial charge in [0, 0.05) is 25.1 Å². The fourth-order valence-corrected chi connectivity index (χ4v) is 3.67. The summed E-state index contributed by atoms with van der Waals surface area (Å²) in [5.41, 5.74) is 0.269. The van der Waals surface area contributed by atoms with Gasteiger partial charge in [-0.2, -0.15) is 0 Å². The van der Waals surface area contributed by atoms with E-state index in [0.29, 0.717) is 36.8 Å². The second-order valence-electron chi connectivity index (χ2n) is 6.05. The van der Waals surface area contributed by atoms with E-state index in [2.05, 4.69) is 10.3 Å². The molecule has 2 N–H and O–H groups in total. The number of nitrogens with one attached hydrogen (secondary N) is 1. The van der Waals surface area contributed by atoms with E-state index in [-0.39, 0.29) is 24.1 Å². The third-order valence-corrected chi connectivity index (χ3v) is 5.18. The normalized spacial score (nSPS) is 16.5. The van der Waals surface area contributed by atoms with E-state index in [1.807, 2.05) is 19.1 Å². The Kier molecular flexibility index (Phi) is 5.50. The van der Waals surface area contributed by atoms with Crippen LogP contribution in [0, 0.1) is 18.8 Å². The summed E-state index contributed by atoms with van der Waals surface area (Å²) in [6.07, 6.45) is 1.40. The Labute approximate surface area is 149 Å². The molecule has 0 spiro atoms. The van der Waals surface area contributed by atoms with Crippen LogP contribution in [-0.2, 0) is 9.53 Å². The number of carbonyl (C=O) groups excluding carboxylic acids is 1. The Morgan fingerprint density at radius 2 is 2.16 bits per heavy atom.